The summed E-state index contributed by atoms with van der Waals surface area (Å²) >= 11 is 1.68. The summed E-state index contributed by atoms with van der Waals surface area (Å²) < 4.78 is 1.18. The number of nitrogens with zero attached hydrogens (tertiary/aromatic N) is 2. The summed E-state index contributed by atoms with van der Waals surface area (Å²) in [5, 5.41) is 4.06. The second-order valence-corrected chi connectivity index (χ2v) is 7.59. The van der Waals surface area contributed by atoms with Gasteiger partial charge in [0.1, 0.15) is 5.01 Å². The minimum absolute atomic E-state index is 0.00411. The maximum atomic E-state index is 12.6. The molecule has 0 fully saturated rings. The van der Waals surface area contributed by atoms with Crippen molar-refractivity contribution in [1.82, 2.24) is 9.88 Å². The van der Waals surface area contributed by atoms with Gasteiger partial charge in [-0.3, -0.25) is 9.69 Å². The zero-order valence-corrected chi connectivity index (χ0v) is 15.9. The Hall–Kier alpha value is -2.24. The Morgan fingerprint density at radius 2 is 2.00 bits per heavy atom. The highest BCUT2D eigenvalue weighted by atomic mass is 32.1. The number of anilines is 1. The van der Waals surface area contributed by atoms with Crippen molar-refractivity contribution in [3.05, 3.63) is 58.6 Å². The lowest BCUT2D eigenvalue weighted by Crippen LogP contribution is -2.39. The fraction of sp³-hybridized carbons (Fsp3) is 0.300. The molecule has 1 unspecified atom stereocenters. The van der Waals surface area contributed by atoms with Gasteiger partial charge in [-0.2, -0.15) is 0 Å². The van der Waals surface area contributed by atoms with E-state index >= 15 is 0 Å². The van der Waals surface area contributed by atoms with Crippen LogP contribution >= 0.6 is 11.3 Å². The van der Waals surface area contributed by atoms with Gasteiger partial charge in [0.15, 0.2) is 0 Å². The highest BCUT2D eigenvalue weighted by Gasteiger charge is 2.20. The number of aromatic nitrogens is 1. The molecule has 0 saturated heterocycles. The zero-order chi connectivity index (χ0) is 18.0. The van der Waals surface area contributed by atoms with Crippen molar-refractivity contribution in [2.45, 2.75) is 33.4 Å². The molecule has 1 atom stereocenters. The fourth-order valence-electron chi connectivity index (χ4n) is 2.73. The van der Waals surface area contributed by atoms with E-state index in [1.54, 1.807) is 11.3 Å². The van der Waals surface area contributed by atoms with E-state index in [2.05, 4.69) is 22.4 Å². The van der Waals surface area contributed by atoms with E-state index in [0.717, 1.165) is 21.8 Å². The maximum Gasteiger partial charge on any atom is 0.241 e. The number of carbonyl (C=O) groups excluding carboxylic acids is 1. The molecule has 0 radical (unpaired) electrons. The van der Waals surface area contributed by atoms with Gasteiger partial charge >= 0.3 is 0 Å². The smallest absolute Gasteiger partial charge is 0.241 e. The molecule has 5 heteroatoms. The predicted octanol–water partition coefficient (Wildman–Crippen LogP) is 4.37. The number of aryl methyl sites for hydroxylation is 2. The van der Waals surface area contributed by atoms with Crippen LogP contribution in [0.2, 0.25) is 0 Å². The van der Waals surface area contributed by atoms with E-state index in [-0.39, 0.29) is 11.9 Å². The number of hydrogen-bond donors (Lipinski definition) is 1. The highest BCUT2D eigenvalue weighted by molar-refractivity contribution is 7.18. The lowest BCUT2D eigenvalue weighted by molar-refractivity contribution is -0.120. The van der Waals surface area contributed by atoms with Crippen molar-refractivity contribution in [3.8, 4) is 0 Å². The first kappa shape index (κ1) is 17.6. The van der Waals surface area contributed by atoms with Crippen LogP contribution in [0.5, 0.6) is 0 Å². The molecule has 1 heterocycles. The average Bonchev–Trinajstić information content (AvgIpc) is 2.98. The van der Waals surface area contributed by atoms with E-state index in [0.29, 0.717) is 6.54 Å². The molecule has 0 aliphatic carbocycles. The van der Waals surface area contributed by atoms with Crippen LogP contribution in [-0.4, -0.2) is 28.9 Å². The van der Waals surface area contributed by atoms with E-state index in [4.69, 9.17) is 0 Å². The topological polar surface area (TPSA) is 45.2 Å². The van der Waals surface area contributed by atoms with Crippen molar-refractivity contribution >= 4 is 33.1 Å². The molecular weight excluding hydrogens is 330 g/mol. The minimum Gasteiger partial charge on any atom is -0.324 e. The number of rotatable bonds is 5. The number of fused-ring (bicyclic) bond motifs is 1. The van der Waals surface area contributed by atoms with Crippen LogP contribution in [0.3, 0.4) is 0 Å². The van der Waals surface area contributed by atoms with Gasteiger partial charge in [-0.05, 0) is 51.6 Å². The number of carbonyl (C=O) groups is 1. The molecule has 0 aliphatic rings. The Labute approximate surface area is 152 Å². The Kier molecular flexibility index (Phi) is 5.16. The summed E-state index contributed by atoms with van der Waals surface area (Å²) in [4.78, 5) is 19.3. The van der Waals surface area contributed by atoms with Gasteiger partial charge in [0.2, 0.25) is 5.91 Å². The third kappa shape index (κ3) is 4.06. The van der Waals surface area contributed by atoms with Crippen molar-refractivity contribution < 1.29 is 4.79 Å². The average molecular weight is 353 g/mol. The summed E-state index contributed by atoms with van der Waals surface area (Å²) in [6, 6.07) is 13.9. The quantitative estimate of drug-likeness (QED) is 0.741. The van der Waals surface area contributed by atoms with Crippen LogP contribution in [0.25, 0.3) is 10.2 Å². The molecule has 3 rings (SSSR count). The van der Waals surface area contributed by atoms with Gasteiger partial charge in [0.25, 0.3) is 0 Å². The highest BCUT2D eigenvalue weighted by Crippen LogP contribution is 2.23. The standard InChI is InChI=1S/C20H23N3OS/c1-13-9-10-16(14(2)11-13)22-20(24)15(3)23(4)12-19-21-17-7-5-6-8-18(17)25-19/h5-11,15H,12H2,1-4H3,(H,22,24). The summed E-state index contributed by atoms with van der Waals surface area (Å²) in [6.45, 7) is 6.64. The predicted molar refractivity (Wildman–Crippen MR) is 105 cm³/mol. The Morgan fingerprint density at radius 3 is 2.72 bits per heavy atom. The SMILES string of the molecule is Cc1ccc(NC(=O)C(C)N(C)Cc2nc3ccccc3s2)c(C)c1. The normalized spacial score (nSPS) is 12.5. The molecule has 130 valence electrons. The zero-order valence-electron chi connectivity index (χ0n) is 15.0. The van der Waals surface area contributed by atoms with E-state index in [1.807, 2.05) is 63.1 Å². The van der Waals surface area contributed by atoms with Crippen molar-refractivity contribution in [2.75, 3.05) is 12.4 Å². The van der Waals surface area contributed by atoms with Crippen LogP contribution in [0.4, 0.5) is 5.69 Å². The van der Waals surface area contributed by atoms with Gasteiger partial charge in [-0.25, -0.2) is 4.98 Å². The number of hydrogen-bond acceptors (Lipinski definition) is 4. The first-order valence-electron chi connectivity index (χ1n) is 8.37. The number of nitrogens with one attached hydrogen (secondary N) is 1. The molecule has 1 N–H and O–H groups in total. The third-order valence-electron chi connectivity index (χ3n) is 4.40. The molecule has 0 bridgehead atoms. The second kappa shape index (κ2) is 7.33. The van der Waals surface area contributed by atoms with E-state index in [9.17, 15) is 4.79 Å². The van der Waals surface area contributed by atoms with Crippen LogP contribution in [0.15, 0.2) is 42.5 Å². The van der Waals surface area contributed by atoms with Crippen LogP contribution in [0, 0.1) is 13.8 Å². The largest absolute Gasteiger partial charge is 0.324 e. The van der Waals surface area contributed by atoms with Crippen LogP contribution in [-0.2, 0) is 11.3 Å². The Bertz CT molecular complexity index is 870. The summed E-state index contributed by atoms with van der Waals surface area (Å²) in [6.07, 6.45) is 0. The number of likely N-dealkylation sites (N-methyl/N-ethyl adjacent to an activating group) is 1. The fourth-order valence-corrected chi connectivity index (χ4v) is 3.76. The number of benzene rings is 2. The van der Waals surface area contributed by atoms with Gasteiger partial charge in [-0.15, -0.1) is 11.3 Å². The van der Waals surface area contributed by atoms with Gasteiger partial charge < -0.3 is 5.32 Å². The lowest BCUT2D eigenvalue weighted by Gasteiger charge is -2.23. The molecule has 1 aromatic heterocycles. The number of amides is 1. The molecule has 1 amide bonds. The molecule has 4 nitrogen and oxygen atoms in total. The van der Waals surface area contributed by atoms with Crippen LogP contribution < -0.4 is 5.32 Å². The summed E-state index contributed by atoms with van der Waals surface area (Å²) in [5.41, 5.74) is 4.16. The van der Waals surface area contributed by atoms with Crippen molar-refractivity contribution in [2.24, 2.45) is 0 Å². The molecule has 25 heavy (non-hydrogen) atoms. The van der Waals surface area contributed by atoms with Gasteiger partial charge in [0.05, 0.1) is 22.8 Å². The number of thiazole rings is 1. The van der Waals surface area contributed by atoms with E-state index < -0.39 is 0 Å². The molecule has 3 aromatic rings. The second-order valence-electron chi connectivity index (χ2n) is 6.47. The molecular formula is C20H23N3OS. The molecule has 0 spiro atoms. The monoisotopic (exact) mass is 353 g/mol. The van der Waals surface area contributed by atoms with Gasteiger partial charge in [0, 0.05) is 5.69 Å². The maximum absolute atomic E-state index is 12.6. The van der Waals surface area contributed by atoms with Gasteiger partial charge in [-0.1, -0.05) is 29.8 Å². The molecule has 0 saturated carbocycles. The van der Waals surface area contributed by atoms with Crippen LogP contribution in [0.1, 0.15) is 23.1 Å². The third-order valence-corrected chi connectivity index (χ3v) is 5.42. The summed E-state index contributed by atoms with van der Waals surface area (Å²) in [5.74, 6) is -0.00411. The first-order chi connectivity index (χ1) is 11.9. The summed E-state index contributed by atoms with van der Waals surface area (Å²) in [7, 11) is 1.96. The lowest BCUT2D eigenvalue weighted by atomic mass is 10.1. The minimum atomic E-state index is -0.243. The Morgan fingerprint density at radius 1 is 1.24 bits per heavy atom. The molecule has 2 aromatic carbocycles. The van der Waals surface area contributed by atoms with Crippen molar-refractivity contribution in [3.63, 3.8) is 0 Å². The van der Waals surface area contributed by atoms with Crippen molar-refractivity contribution in [1.29, 1.82) is 0 Å². The number of para-hydroxylation sites is 1. The Balaban J connectivity index is 1.66. The first-order valence-corrected chi connectivity index (χ1v) is 9.18. The van der Waals surface area contributed by atoms with E-state index in [1.165, 1.54) is 10.3 Å². The molecule has 0 aliphatic heterocycles.